The molecule has 0 heterocycles. The van der Waals surface area contributed by atoms with E-state index in [1.165, 1.54) is 6.92 Å². The molecule has 1 rings (SSSR count). The van der Waals surface area contributed by atoms with Crippen LogP contribution in [0.25, 0.3) is 0 Å². The van der Waals surface area contributed by atoms with Gasteiger partial charge in [-0.2, -0.15) is 5.26 Å². The largest absolute Gasteiger partial charge is 0.491 e. The molecule has 4 heteroatoms. The molecular formula is C16H22N2O2. The van der Waals surface area contributed by atoms with E-state index in [-0.39, 0.29) is 11.3 Å². The van der Waals surface area contributed by atoms with Crippen LogP contribution in [0.2, 0.25) is 0 Å². The van der Waals surface area contributed by atoms with Crippen molar-refractivity contribution in [2.75, 3.05) is 11.9 Å². The van der Waals surface area contributed by atoms with Gasteiger partial charge in [0.1, 0.15) is 5.75 Å². The Bertz CT molecular complexity index is 489. The lowest BCUT2D eigenvalue weighted by atomic mass is 9.89. The van der Waals surface area contributed by atoms with Crippen molar-refractivity contribution in [2.45, 2.75) is 40.0 Å². The normalized spacial score (nSPS) is 10.7. The number of benzene rings is 1. The van der Waals surface area contributed by atoms with Crippen LogP contribution in [0.5, 0.6) is 5.75 Å². The van der Waals surface area contributed by atoms with Crippen LogP contribution < -0.4 is 10.1 Å². The van der Waals surface area contributed by atoms with E-state index in [2.05, 4.69) is 11.4 Å². The van der Waals surface area contributed by atoms with Gasteiger partial charge in [-0.1, -0.05) is 12.1 Å². The smallest absolute Gasteiger partial charge is 0.221 e. The molecule has 0 aliphatic carbocycles. The van der Waals surface area contributed by atoms with Crippen LogP contribution in [-0.4, -0.2) is 12.5 Å². The fourth-order valence-electron chi connectivity index (χ4n) is 1.79. The highest BCUT2D eigenvalue weighted by Crippen LogP contribution is 2.25. The summed E-state index contributed by atoms with van der Waals surface area (Å²) in [4.78, 5) is 11.1. The summed E-state index contributed by atoms with van der Waals surface area (Å²) in [6.45, 7) is 5.94. The molecule has 0 radical (unpaired) electrons. The molecule has 0 spiro atoms. The van der Waals surface area contributed by atoms with Crippen LogP contribution in [0.3, 0.4) is 0 Å². The molecule has 0 atom stereocenters. The van der Waals surface area contributed by atoms with E-state index in [4.69, 9.17) is 10.00 Å². The molecule has 0 saturated heterocycles. The third-order valence-corrected chi connectivity index (χ3v) is 2.95. The predicted octanol–water partition coefficient (Wildman–Crippen LogP) is 3.74. The molecular weight excluding hydrogens is 252 g/mol. The molecule has 0 aliphatic heterocycles. The first-order chi connectivity index (χ1) is 9.44. The van der Waals surface area contributed by atoms with Crippen molar-refractivity contribution in [3.05, 3.63) is 24.3 Å². The number of hydrogen-bond donors (Lipinski definition) is 1. The number of carbonyl (C=O) groups is 1. The van der Waals surface area contributed by atoms with Crippen molar-refractivity contribution in [1.29, 1.82) is 5.26 Å². The van der Waals surface area contributed by atoms with Crippen LogP contribution >= 0.6 is 0 Å². The fraction of sp³-hybridized carbons (Fsp3) is 0.500. The van der Waals surface area contributed by atoms with E-state index < -0.39 is 0 Å². The van der Waals surface area contributed by atoms with Crippen LogP contribution in [0.15, 0.2) is 24.3 Å². The Morgan fingerprint density at radius 1 is 1.35 bits per heavy atom. The van der Waals surface area contributed by atoms with Gasteiger partial charge in [-0.15, -0.1) is 0 Å². The van der Waals surface area contributed by atoms with Gasteiger partial charge in [0.25, 0.3) is 0 Å². The SMILES string of the molecule is CC(=O)Nc1ccccc1OCCCCC(C)(C)C#N. The quantitative estimate of drug-likeness (QED) is 0.770. The van der Waals surface area contributed by atoms with Crippen molar-refractivity contribution in [1.82, 2.24) is 0 Å². The number of amides is 1. The number of anilines is 1. The summed E-state index contributed by atoms with van der Waals surface area (Å²) in [5, 5.41) is 11.7. The Balaban J connectivity index is 2.39. The molecule has 0 saturated carbocycles. The van der Waals surface area contributed by atoms with E-state index >= 15 is 0 Å². The summed E-state index contributed by atoms with van der Waals surface area (Å²) in [7, 11) is 0. The lowest BCUT2D eigenvalue weighted by molar-refractivity contribution is -0.114. The molecule has 108 valence electrons. The zero-order chi connectivity index (χ0) is 15.0. The van der Waals surface area contributed by atoms with Crippen molar-refractivity contribution in [3.63, 3.8) is 0 Å². The molecule has 1 aromatic rings. The Kier molecular flexibility index (Phi) is 6.05. The second kappa shape index (κ2) is 7.54. The Morgan fingerprint density at radius 3 is 2.70 bits per heavy atom. The lowest BCUT2D eigenvalue weighted by Crippen LogP contribution is -2.10. The topological polar surface area (TPSA) is 62.1 Å². The highest BCUT2D eigenvalue weighted by molar-refractivity contribution is 5.90. The Labute approximate surface area is 120 Å². The molecule has 0 aromatic heterocycles. The van der Waals surface area contributed by atoms with Gasteiger partial charge >= 0.3 is 0 Å². The average Bonchev–Trinajstić information content (AvgIpc) is 2.39. The van der Waals surface area contributed by atoms with Gasteiger partial charge in [-0.3, -0.25) is 4.79 Å². The molecule has 4 nitrogen and oxygen atoms in total. The van der Waals surface area contributed by atoms with Crippen molar-refractivity contribution in [2.24, 2.45) is 5.41 Å². The number of nitrogens with zero attached hydrogens (tertiary/aromatic N) is 1. The molecule has 20 heavy (non-hydrogen) atoms. The zero-order valence-electron chi connectivity index (χ0n) is 12.4. The second-order valence-corrected chi connectivity index (χ2v) is 5.48. The highest BCUT2D eigenvalue weighted by atomic mass is 16.5. The van der Waals surface area contributed by atoms with Gasteiger partial charge in [0.15, 0.2) is 0 Å². The van der Waals surface area contributed by atoms with Crippen LogP contribution in [0.1, 0.15) is 40.0 Å². The molecule has 0 aliphatic rings. The number of rotatable bonds is 7. The molecule has 1 N–H and O–H groups in total. The van der Waals surface area contributed by atoms with Crippen molar-refractivity contribution >= 4 is 11.6 Å². The minimum absolute atomic E-state index is 0.114. The first kappa shape index (κ1) is 16.0. The maximum Gasteiger partial charge on any atom is 0.221 e. The van der Waals surface area contributed by atoms with Gasteiger partial charge in [0.05, 0.1) is 23.8 Å². The van der Waals surface area contributed by atoms with E-state index in [0.717, 1.165) is 19.3 Å². The average molecular weight is 274 g/mol. The van der Waals surface area contributed by atoms with E-state index in [9.17, 15) is 4.79 Å². The minimum atomic E-state index is -0.270. The number of unbranched alkanes of at least 4 members (excludes halogenated alkanes) is 1. The van der Waals surface area contributed by atoms with Crippen molar-refractivity contribution < 1.29 is 9.53 Å². The number of para-hydroxylation sites is 2. The van der Waals surface area contributed by atoms with Gasteiger partial charge < -0.3 is 10.1 Å². The minimum Gasteiger partial charge on any atom is -0.491 e. The maximum absolute atomic E-state index is 11.1. The number of nitriles is 1. The van der Waals surface area contributed by atoms with E-state index in [0.29, 0.717) is 18.0 Å². The van der Waals surface area contributed by atoms with Crippen LogP contribution in [-0.2, 0) is 4.79 Å². The van der Waals surface area contributed by atoms with Crippen molar-refractivity contribution in [3.8, 4) is 11.8 Å². The summed E-state index contributed by atoms with van der Waals surface area (Å²) in [5.41, 5.74) is 0.422. The number of carbonyl (C=O) groups excluding carboxylic acids is 1. The predicted molar refractivity (Wildman–Crippen MR) is 79.5 cm³/mol. The molecule has 0 fully saturated rings. The second-order valence-electron chi connectivity index (χ2n) is 5.48. The van der Waals surface area contributed by atoms with Gasteiger partial charge in [0.2, 0.25) is 5.91 Å². The number of nitrogens with one attached hydrogen (secondary N) is 1. The number of hydrogen-bond acceptors (Lipinski definition) is 3. The fourth-order valence-corrected chi connectivity index (χ4v) is 1.79. The van der Waals surface area contributed by atoms with Gasteiger partial charge in [0, 0.05) is 6.92 Å². The monoisotopic (exact) mass is 274 g/mol. The lowest BCUT2D eigenvalue weighted by Gasteiger charge is -2.15. The first-order valence-corrected chi connectivity index (χ1v) is 6.85. The summed E-state index contributed by atoms with van der Waals surface area (Å²) < 4.78 is 5.69. The first-order valence-electron chi connectivity index (χ1n) is 6.85. The molecule has 0 bridgehead atoms. The molecule has 1 amide bonds. The van der Waals surface area contributed by atoms with Gasteiger partial charge in [-0.25, -0.2) is 0 Å². The van der Waals surface area contributed by atoms with Crippen LogP contribution in [0.4, 0.5) is 5.69 Å². The Hall–Kier alpha value is -2.02. The maximum atomic E-state index is 11.1. The standard InChI is InChI=1S/C16H22N2O2/c1-13(19)18-14-8-4-5-9-15(14)20-11-7-6-10-16(2,3)12-17/h4-5,8-9H,6-7,10-11H2,1-3H3,(H,18,19). The van der Waals surface area contributed by atoms with E-state index in [1.807, 2.05) is 38.1 Å². The summed E-state index contributed by atoms with van der Waals surface area (Å²) in [6, 6.07) is 9.67. The Morgan fingerprint density at radius 2 is 2.05 bits per heavy atom. The zero-order valence-corrected chi connectivity index (χ0v) is 12.4. The highest BCUT2D eigenvalue weighted by Gasteiger charge is 2.15. The number of ether oxygens (including phenoxy) is 1. The third-order valence-electron chi connectivity index (χ3n) is 2.95. The van der Waals surface area contributed by atoms with Crippen LogP contribution in [0, 0.1) is 16.7 Å². The summed E-state index contributed by atoms with van der Waals surface area (Å²) >= 11 is 0. The van der Waals surface area contributed by atoms with Gasteiger partial charge in [-0.05, 0) is 45.2 Å². The molecule has 0 unspecified atom stereocenters. The van der Waals surface area contributed by atoms with E-state index in [1.54, 1.807) is 0 Å². The summed E-state index contributed by atoms with van der Waals surface area (Å²) in [5.74, 6) is 0.569. The third kappa shape index (κ3) is 5.75. The molecule has 1 aromatic carbocycles. The summed E-state index contributed by atoms with van der Waals surface area (Å²) in [6.07, 6.45) is 2.70.